The molecule has 1 atom stereocenters. The molecule has 1 saturated carbocycles. The molecule has 0 spiro atoms. The van der Waals surface area contributed by atoms with Crippen LogP contribution in [0.25, 0.3) is 0 Å². The van der Waals surface area contributed by atoms with Crippen LogP contribution in [0.5, 0.6) is 0 Å². The summed E-state index contributed by atoms with van der Waals surface area (Å²) in [6.07, 6.45) is 1.70. The van der Waals surface area contributed by atoms with Crippen LogP contribution >= 0.6 is 11.8 Å². The molecule has 1 heterocycles. The van der Waals surface area contributed by atoms with Crippen molar-refractivity contribution in [2.75, 3.05) is 5.75 Å². The minimum Gasteiger partial charge on any atom is -0.388 e. The van der Waals surface area contributed by atoms with Gasteiger partial charge in [-0.1, -0.05) is 37.7 Å². The Balaban J connectivity index is 1.70. The van der Waals surface area contributed by atoms with Gasteiger partial charge in [0.05, 0.1) is 6.10 Å². The lowest BCUT2D eigenvalue weighted by molar-refractivity contribution is 0.204. The summed E-state index contributed by atoms with van der Waals surface area (Å²) in [4.78, 5) is 0. The number of benzene rings is 1. The Morgan fingerprint density at radius 2 is 1.95 bits per heavy atom. The van der Waals surface area contributed by atoms with Gasteiger partial charge in [0.25, 0.3) is 0 Å². The van der Waals surface area contributed by atoms with E-state index in [1.165, 1.54) is 36.7 Å². The summed E-state index contributed by atoms with van der Waals surface area (Å²) in [5.41, 5.74) is 0.718. The predicted octanol–water partition coefficient (Wildman–Crippen LogP) is 3.70. The fourth-order valence-electron chi connectivity index (χ4n) is 2.39. The fourth-order valence-corrected chi connectivity index (χ4v) is 3.37. The molecule has 0 bridgehead atoms. The topological polar surface area (TPSA) is 50.9 Å². The molecule has 1 aromatic carbocycles. The number of aliphatic hydroxyl groups excluding tert-OH is 1. The first kappa shape index (κ1) is 15.5. The van der Waals surface area contributed by atoms with E-state index >= 15 is 0 Å². The van der Waals surface area contributed by atoms with Crippen molar-refractivity contribution in [1.29, 1.82) is 0 Å². The highest BCUT2D eigenvalue weighted by atomic mass is 32.2. The van der Waals surface area contributed by atoms with Crippen LogP contribution in [0.3, 0.4) is 0 Å². The number of halogens is 1. The Hall–Kier alpha value is -1.40. The third-order valence-electron chi connectivity index (χ3n) is 3.74. The molecule has 1 aliphatic carbocycles. The number of hydrogen-bond acceptors (Lipinski definition) is 4. The summed E-state index contributed by atoms with van der Waals surface area (Å²) in [5.74, 6) is 1.54. The number of rotatable bonds is 6. The molecule has 0 aliphatic heterocycles. The average Bonchev–Trinajstić information content (AvgIpc) is 3.24. The van der Waals surface area contributed by atoms with E-state index in [4.69, 9.17) is 0 Å². The molecule has 2 aromatic rings. The molecule has 3 rings (SSSR count). The molecule has 1 N–H and O–H groups in total. The zero-order valence-corrected chi connectivity index (χ0v) is 13.6. The van der Waals surface area contributed by atoms with Crippen molar-refractivity contribution in [2.45, 2.75) is 49.9 Å². The van der Waals surface area contributed by atoms with Crippen LogP contribution < -0.4 is 0 Å². The molecular weight excluding hydrogens is 301 g/mol. The summed E-state index contributed by atoms with van der Waals surface area (Å²) >= 11 is 1.51. The van der Waals surface area contributed by atoms with E-state index in [-0.39, 0.29) is 5.82 Å². The van der Waals surface area contributed by atoms with Crippen molar-refractivity contribution in [3.63, 3.8) is 0 Å². The second-order valence-corrected chi connectivity index (χ2v) is 6.96. The van der Waals surface area contributed by atoms with E-state index in [2.05, 4.69) is 28.6 Å². The van der Waals surface area contributed by atoms with Crippen molar-refractivity contribution in [3.05, 3.63) is 41.5 Å². The maximum absolute atomic E-state index is 12.9. The summed E-state index contributed by atoms with van der Waals surface area (Å²) in [7, 11) is 0. The van der Waals surface area contributed by atoms with Crippen molar-refractivity contribution >= 4 is 11.8 Å². The lowest BCUT2D eigenvalue weighted by Gasteiger charge is -2.13. The summed E-state index contributed by atoms with van der Waals surface area (Å²) < 4.78 is 15.1. The third-order valence-corrected chi connectivity index (χ3v) is 4.76. The van der Waals surface area contributed by atoms with Crippen molar-refractivity contribution in [1.82, 2.24) is 14.8 Å². The molecule has 6 heteroatoms. The molecule has 1 aliphatic rings. The third kappa shape index (κ3) is 3.33. The first-order valence-corrected chi connectivity index (χ1v) is 8.56. The molecule has 22 heavy (non-hydrogen) atoms. The lowest BCUT2D eigenvalue weighted by atomic mass is 10.1. The van der Waals surface area contributed by atoms with Crippen LogP contribution in [0.4, 0.5) is 4.39 Å². The molecule has 0 radical (unpaired) electrons. The Morgan fingerprint density at radius 3 is 2.55 bits per heavy atom. The van der Waals surface area contributed by atoms with Gasteiger partial charge in [-0.3, -0.25) is 0 Å². The van der Waals surface area contributed by atoms with Crippen LogP contribution in [0.15, 0.2) is 29.4 Å². The van der Waals surface area contributed by atoms with Crippen molar-refractivity contribution in [2.24, 2.45) is 0 Å². The SMILES string of the molecule is CC(C)c1nnc(SC[C@@H](O)c2ccc(F)cc2)n1C1CC1. The molecule has 1 fully saturated rings. The van der Waals surface area contributed by atoms with Crippen LogP contribution in [-0.2, 0) is 0 Å². The van der Waals surface area contributed by atoms with E-state index in [1.54, 1.807) is 12.1 Å². The number of thioether (sulfide) groups is 1. The van der Waals surface area contributed by atoms with Gasteiger partial charge < -0.3 is 9.67 Å². The number of aromatic nitrogens is 3. The van der Waals surface area contributed by atoms with Gasteiger partial charge in [-0.2, -0.15) is 0 Å². The van der Waals surface area contributed by atoms with E-state index in [1.807, 2.05) is 0 Å². The summed E-state index contributed by atoms with van der Waals surface area (Å²) in [5, 5.41) is 19.7. The molecule has 0 amide bonds. The van der Waals surface area contributed by atoms with E-state index < -0.39 is 6.10 Å². The molecule has 0 saturated heterocycles. The zero-order valence-electron chi connectivity index (χ0n) is 12.7. The van der Waals surface area contributed by atoms with Gasteiger partial charge in [0.1, 0.15) is 11.6 Å². The van der Waals surface area contributed by atoms with Gasteiger partial charge in [0.15, 0.2) is 5.16 Å². The van der Waals surface area contributed by atoms with Gasteiger partial charge in [0, 0.05) is 17.7 Å². The Kier molecular flexibility index (Phi) is 4.49. The Labute approximate surface area is 133 Å². The number of hydrogen-bond donors (Lipinski definition) is 1. The largest absolute Gasteiger partial charge is 0.388 e. The highest BCUT2D eigenvalue weighted by Gasteiger charge is 2.30. The zero-order chi connectivity index (χ0) is 15.7. The van der Waals surface area contributed by atoms with E-state index in [0.717, 1.165) is 16.5 Å². The normalized spacial score (nSPS) is 16.2. The average molecular weight is 321 g/mol. The van der Waals surface area contributed by atoms with Gasteiger partial charge in [-0.25, -0.2) is 4.39 Å². The molecule has 0 unspecified atom stereocenters. The lowest BCUT2D eigenvalue weighted by Crippen LogP contribution is -2.06. The molecular formula is C16H20FN3OS. The molecule has 118 valence electrons. The maximum atomic E-state index is 12.9. The second kappa shape index (κ2) is 6.38. The Morgan fingerprint density at radius 1 is 1.27 bits per heavy atom. The van der Waals surface area contributed by atoms with E-state index in [0.29, 0.717) is 17.7 Å². The Bertz CT molecular complexity index is 637. The number of aliphatic hydroxyl groups is 1. The van der Waals surface area contributed by atoms with Gasteiger partial charge in [-0.15, -0.1) is 10.2 Å². The van der Waals surface area contributed by atoms with Crippen LogP contribution in [0, 0.1) is 5.82 Å². The highest BCUT2D eigenvalue weighted by molar-refractivity contribution is 7.99. The van der Waals surface area contributed by atoms with Gasteiger partial charge in [0.2, 0.25) is 0 Å². The standard InChI is InChI=1S/C16H20FN3OS/c1-10(2)15-18-19-16(20(15)13-7-8-13)22-9-14(21)11-3-5-12(17)6-4-11/h3-6,10,13-14,21H,7-9H2,1-2H3/t14-/m1/s1. The highest BCUT2D eigenvalue weighted by Crippen LogP contribution is 2.40. The summed E-state index contributed by atoms with van der Waals surface area (Å²) in [6.45, 7) is 4.23. The predicted molar refractivity (Wildman–Crippen MR) is 84.5 cm³/mol. The quantitative estimate of drug-likeness (QED) is 0.824. The maximum Gasteiger partial charge on any atom is 0.191 e. The first-order chi connectivity index (χ1) is 10.6. The van der Waals surface area contributed by atoms with Gasteiger partial charge in [-0.05, 0) is 30.5 Å². The minimum absolute atomic E-state index is 0.293. The van der Waals surface area contributed by atoms with Crippen LogP contribution in [0.1, 0.15) is 56.1 Å². The minimum atomic E-state index is -0.641. The van der Waals surface area contributed by atoms with Crippen molar-refractivity contribution in [3.8, 4) is 0 Å². The second-order valence-electron chi connectivity index (χ2n) is 5.98. The molecule has 1 aromatic heterocycles. The van der Waals surface area contributed by atoms with Crippen LogP contribution in [-0.4, -0.2) is 25.6 Å². The van der Waals surface area contributed by atoms with Crippen LogP contribution in [0.2, 0.25) is 0 Å². The summed E-state index contributed by atoms with van der Waals surface area (Å²) in [6, 6.07) is 6.48. The molecule has 4 nitrogen and oxygen atoms in total. The first-order valence-electron chi connectivity index (χ1n) is 7.57. The van der Waals surface area contributed by atoms with Gasteiger partial charge >= 0.3 is 0 Å². The van der Waals surface area contributed by atoms with E-state index in [9.17, 15) is 9.50 Å². The fraction of sp³-hybridized carbons (Fsp3) is 0.500. The smallest absolute Gasteiger partial charge is 0.191 e. The monoisotopic (exact) mass is 321 g/mol. The van der Waals surface area contributed by atoms with Crippen molar-refractivity contribution < 1.29 is 9.50 Å². The number of nitrogens with zero attached hydrogens (tertiary/aromatic N) is 3.